The van der Waals surface area contributed by atoms with Gasteiger partial charge in [-0.1, -0.05) is 30.3 Å². The Bertz CT molecular complexity index is 830. The highest BCUT2D eigenvalue weighted by Gasteiger charge is 2.18. The lowest BCUT2D eigenvalue weighted by atomic mass is 10.00. The van der Waals surface area contributed by atoms with E-state index in [9.17, 15) is 13.2 Å². The SMILES string of the molecule is CS(=O)(=O)Oc1ccc(C(=N)N)cc1C(=O)c1ccccc1. The second kappa shape index (κ2) is 5.98. The number of nitrogen functional groups attached to an aromatic ring is 1. The van der Waals surface area contributed by atoms with Crippen molar-refractivity contribution in [1.82, 2.24) is 0 Å². The van der Waals surface area contributed by atoms with E-state index >= 15 is 0 Å². The van der Waals surface area contributed by atoms with Crippen molar-refractivity contribution in [3.05, 3.63) is 65.2 Å². The molecule has 0 bridgehead atoms. The van der Waals surface area contributed by atoms with Gasteiger partial charge in [0.05, 0.1) is 11.8 Å². The van der Waals surface area contributed by atoms with Crippen LogP contribution in [0.25, 0.3) is 0 Å². The van der Waals surface area contributed by atoms with Gasteiger partial charge in [-0.3, -0.25) is 10.2 Å². The van der Waals surface area contributed by atoms with Crippen LogP contribution in [0.15, 0.2) is 48.5 Å². The van der Waals surface area contributed by atoms with Crippen molar-refractivity contribution in [2.24, 2.45) is 5.73 Å². The molecule has 0 saturated heterocycles. The van der Waals surface area contributed by atoms with Crippen LogP contribution >= 0.6 is 0 Å². The minimum atomic E-state index is -3.79. The Morgan fingerprint density at radius 2 is 1.73 bits per heavy atom. The van der Waals surface area contributed by atoms with Gasteiger partial charge in [0.2, 0.25) is 0 Å². The lowest BCUT2D eigenvalue weighted by molar-refractivity contribution is 0.103. The summed E-state index contributed by atoms with van der Waals surface area (Å²) >= 11 is 0. The lowest BCUT2D eigenvalue weighted by Gasteiger charge is -2.10. The fourth-order valence-electron chi connectivity index (χ4n) is 1.86. The van der Waals surface area contributed by atoms with Crippen molar-refractivity contribution in [3.8, 4) is 5.75 Å². The molecule has 0 aliphatic rings. The molecular weight excluding hydrogens is 304 g/mol. The molecule has 2 rings (SSSR count). The van der Waals surface area contributed by atoms with Crippen LogP contribution < -0.4 is 9.92 Å². The van der Waals surface area contributed by atoms with Crippen LogP contribution in [0.2, 0.25) is 0 Å². The average molecular weight is 318 g/mol. The zero-order valence-electron chi connectivity index (χ0n) is 11.7. The number of ketones is 1. The summed E-state index contributed by atoms with van der Waals surface area (Å²) in [5.41, 5.74) is 6.13. The van der Waals surface area contributed by atoms with E-state index in [-0.39, 0.29) is 17.1 Å². The number of nitrogens with two attached hydrogens (primary N) is 1. The van der Waals surface area contributed by atoms with Crippen LogP contribution in [0.1, 0.15) is 21.5 Å². The minimum Gasteiger partial charge on any atom is -0.384 e. The van der Waals surface area contributed by atoms with E-state index < -0.39 is 15.9 Å². The van der Waals surface area contributed by atoms with Gasteiger partial charge in [-0.15, -0.1) is 0 Å². The first-order valence-electron chi connectivity index (χ1n) is 6.25. The Morgan fingerprint density at radius 3 is 2.27 bits per heavy atom. The van der Waals surface area contributed by atoms with Crippen molar-refractivity contribution < 1.29 is 17.4 Å². The van der Waals surface area contributed by atoms with Gasteiger partial charge in [-0.25, -0.2) is 0 Å². The van der Waals surface area contributed by atoms with E-state index in [1.807, 2.05) is 0 Å². The van der Waals surface area contributed by atoms with E-state index in [0.29, 0.717) is 11.1 Å². The average Bonchev–Trinajstić information content (AvgIpc) is 2.46. The molecule has 0 amide bonds. The second-order valence-corrected chi connectivity index (χ2v) is 6.18. The van der Waals surface area contributed by atoms with Crippen molar-refractivity contribution in [2.75, 3.05) is 6.26 Å². The topological polar surface area (TPSA) is 110 Å². The van der Waals surface area contributed by atoms with Gasteiger partial charge >= 0.3 is 10.1 Å². The zero-order valence-corrected chi connectivity index (χ0v) is 12.6. The third-order valence-corrected chi connectivity index (χ3v) is 3.29. The summed E-state index contributed by atoms with van der Waals surface area (Å²) in [5, 5.41) is 7.44. The Morgan fingerprint density at radius 1 is 1.09 bits per heavy atom. The first kappa shape index (κ1) is 15.7. The molecule has 114 valence electrons. The molecule has 2 aromatic rings. The van der Waals surface area contributed by atoms with Gasteiger partial charge in [0.1, 0.15) is 5.84 Å². The second-order valence-electron chi connectivity index (χ2n) is 4.61. The van der Waals surface area contributed by atoms with Gasteiger partial charge in [0.25, 0.3) is 0 Å². The molecule has 6 nitrogen and oxygen atoms in total. The molecule has 0 aliphatic heterocycles. The number of carbonyl (C=O) groups is 1. The van der Waals surface area contributed by atoms with E-state index in [1.165, 1.54) is 18.2 Å². The van der Waals surface area contributed by atoms with Crippen molar-refractivity contribution in [2.45, 2.75) is 0 Å². The van der Waals surface area contributed by atoms with Crippen LogP contribution in [-0.4, -0.2) is 26.3 Å². The number of amidine groups is 1. The lowest BCUT2D eigenvalue weighted by Crippen LogP contribution is -2.15. The molecule has 7 heteroatoms. The van der Waals surface area contributed by atoms with Crippen LogP contribution in [0.5, 0.6) is 5.75 Å². The molecule has 3 N–H and O–H groups in total. The molecule has 0 saturated carbocycles. The van der Waals surface area contributed by atoms with E-state index in [4.69, 9.17) is 15.3 Å². The number of benzene rings is 2. The summed E-state index contributed by atoms with van der Waals surface area (Å²) in [6, 6.07) is 12.4. The van der Waals surface area contributed by atoms with Gasteiger partial charge in [-0.05, 0) is 18.2 Å². The van der Waals surface area contributed by atoms with Crippen LogP contribution in [0, 0.1) is 5.41 Å². The normalized spacial score (nSPS) is 11.0. The molecule has 0 unspecified atom stereocenters. The summed E-state index contributed by atoms with van der Waals surface area (Å²) in [5.74, 6) is -0.739. The van der Waals surface area contributed by atoms with Crippen molar-refractivity contribution in [3.63, 3.8) is 0 Å². The summed E-state index contributed by atoms with van der Waals surface area (Å²) in [4.78, 5) is 12.5. The predicted molar refractivity (Wildman–Crippen MR) is 82.8 cm³/mol. The van der Waals surface area contributed by atoms with Gasteiger partial charge in [0.15, 0.2) is 11.5 Å². The van der Waals surface area contributed by atoms with Gasteiger partial charge in [-0.2, -0.15) is 8.42 Å². The largest absolute Gasteiger partial charge is 0.384 e. The minimum absolute atomic E-state index is 0.0318. The fraction of sp³-hybridized carbons (Fsp3) is 0.0667. The monoisotopic (exact) mass is 318 g/mol. The van der Waals surface area contributed by atoms with E-state index in [2.05, 4.69) is 0 Å². The smallest absolute Gasteiger partial charge is 0.306 e. The maximum atomic E-state index is 12.5. The summed E-state index contributed by atoms with van der Waals surface area (Å²) < 4.78 is 27.5. The summed E-state index contributed by atoms with van der Waals surface area (Å²) in [6.45, 7) is 0. The Kier molecular flexibility index (Phi) is 4.27. The van der Waals surface area contributed by atoms with Crippen LogP contribution in [0.3, 0.4) is 0 Å². The standard InChI is InChI=1S/C15H14N2O4S/c1-22(19,20)21-13-8-7-11(15(16)17)9-12(13)14(18)10-5-3-2-4-6-10/h2-9H,1H3,(H3,16,17). The molecule has 0 heterocycles. The predicted octanol–water partition coefficient (Wildman–Crippen LogP) is 1.54. The zero-order chi connectivity index (χ0) is 16.3. The third-order valence-electron chi connectivity index (χ3n) is 2.81. The van der Waals surface area contributed by atoms with Gasteiger partial charge in [0, 0.05) is 11.1 Å². The highest BCUT2D eigenvalue weighted by Crippen LogP contribution is 2.24. The van der Waals surface area contributed by atoms with Gasteiger partial charge < -0.3 is 9.92 Å². The fourth-order valence-corrected chi connectivity index (χ4v) is 2.33. The third kappa shape index (κ3) is 3.70. The molecule has 22 heavy (non-hydrogen) atoms. The molecule has 0 radical (unpaired) electrons. The first-order chi connectivity index (χ1) is 10.3. The molecule has 0 atom stereocenters. The van der Waals surface area contributed by atoms with Crippen molar-refractivity contribution in [1.29, 1.82) is 5.41 Å². The number of hydrogen-bond donors (Lipinski definition) is 2. The maximum absolute atomic E-state index is 12.5. The number of rotatable bonds is 5. The number of carbonyl (C=O) groups excluding carboxylic acids is 1. The van der Waals surface area contributed by atoms with Crippen LogP contribution in [0.4, 0.5) is 0 Å². The number of nitrogens with one attached hydrogen (secondary N) is 1. The Hall–Kier alpha value is -2.67. The summed E-state index contributed by atoms with van der Waals surface area (Å²) in [7, 11) is -3.79. The highest BCUT2D eigenvalue weighted by atomic mass is 32.2. The molecule has 2 aromatic carbocycles. The first-order valence-corrected chi connectivity index (χ1v) is 8.07. The quantitative estimate of drug-likeness (QED) is 0.376. The molecule has 0 spiro atoms. The number of hydrogen-bond acceptors (Lipinski definition) is 5. The Labute approximate surface area is 128 Å². The van der Waals surface area contributed by atoms with Crippen molar-refractivity contribution >= 4 is 21.7 Å². The molecule has 0 fully saturated rings. The molecular formula is C15H14N2O4S. The molecule has 0 aliphatic carbocycles. The van der Waals surface area contributed by atoms with E-state index in [0.717, 1.165) is 6.26 Å². The van der Waals surface area contributed by atoms with Crippen LogP contribution in [-0.2, 0) is 10.1 Å². The highest BCUT2D eigenvalue weighted by molar-refractivity contribution is 7.86. The molecule has 0 aromatic heterocycles. The Balaban J connectivity index is 2.57. The van der Waals surface area contributed by atoms with E-state index in [1.54, 1.807) is 30.3 Å². The summed E-state index contributed by atoms with van der Waals surface area (Å²) in [6.07, 6.45) is 0.892. The maximum Gasteiger partial charge on any atom is 0.306 e.